The molecule has 0 radical (unpaired) electrons. The van der Waals surface area contributed by atoms with Gasteiger partial charge in [-0.05, 0) is 31.7 Å². The van der Waals surface area contributed by atoms with Crippen molar-refractivity contribution >= 4 is 5.82 Å². The van der Waals surface area contributed by atoms with Crippen molar-refractivity contribution in [1.29, 1.82) is 0 Å². The van der Waals surface area contributed by atoms with Crippen LogP contribution < -0.4 is 9.47 Å². The van der Waals surface area contributed by atoms with Gasteiger partial charge in [0.1, 0.15) is 0 Å². The van der Waals surface area contributed by atoms with Crippen molar-refractivity contribution in [2.75, 3.05) is 11.9 Å². The lowest BCUT2D eigenvalue weighted by molar-refractivity contribution is -0.659. The number of anilines is 1. The van der Waals surface area contributed by atoms with Crippen molar-refractivity contribution in [3.05, 3.63) is 24.4 Å². The quantitative estimate of drug-likeness (QED) is 0.672. The van der Waals surface area contributed by atoms with E-state index in [-0.39, 0.29) is 0 Å². The summed E-state index contributed by atoms with van der Waals surface area (Å²) in [6.45, 7) is 0. The molecule has 1 aromatic heterocycles. The molecule has 1 saturated carbocycles. The maximum atomic E-state index is 2.44. The second-order valence-electron chi connectivity index (χ2n) is 4.57. The first-order valence-corrected chi connectivity index (χ1v) is 5.96. The molecule has 1 fully saturated rings. The lowest BCUT2D eigenvalue weighted by Gasteiger charge is -2.27. The third-order valence-corrected chi connectivity index (χ3v) is 3.51. The van der Waals surface area contributed by atoms with Crippen molar-refractivity contribution in [3.8, 4) is 0 Å². The highest BCUT2D eigenvalue weighted by Gasteiger charge is 2.25. The number of nitrogens with zero attached hydrogens (tertiary/aromatic N) is 2. The molecule has 1 aromatic rings. The summed E-state index contributed by atoms with van der Waals surface area (Å²) in [6.07, 6.45) is 9.04. The molecule has 0 atom stereocenters. The Labute approximate surface area is 92.5 Å². The molecule has 0 aliphatic heterocycles. The van der Waals surface area contributed by atoms with Crippen molar-refractivity contribution in [2.45, 2.75) is 38.1 Å². The van der Waals surface area contributed by atoms with E-state index in [4.69, 9.17) is 0 Å². The third-order valence-electron chi connectivity index (χ3n) is 3.51. The molecule has 2 rings (SSSR count). The van der Waals surface area contributed by atoms with Gasteiger partial charge >= 0.3 is 0 Å². The van der Waals surface area contributed by atoms with Gasteiger partial charge in [0, 0.05) is 6.07 Å². The second kappa shape index (κ2) is 4.65. The minimum absolute atomic E-state index is 0.743. The van der Waals surface area contributed by atoms with Gasteiger partial charge in [-0.25, -0.2) is 4.57 Å². The standard InChI is InChI=1S/C13H21N2/c1-14-11-7-6-10-13(14)15(2)12-8-4-3-5-9-12/h6-7,10-12H,3-5,8-9H2,1-2H3/q+1. The molecule has 2 heteroatoms. The SMILES string of the molecule is CN(c1cccc[n+]1C)C1CCCCC1. The monoisotopic (exact) mass is 205 g/mol. The normalized spacial score (nSPS) is 17.7. The fourth-order valence-corrected chi connectivity index (χ4v) is 2.54. The molecule has 2 nitrogen and oxygen atoms in total. The first kappa shape index (κ1) is 10.5. The lowest BCUT2D eigenvalue weighted by Crippen LogP contribution is -2.42. The van der Waals surface area contributed by atoms with Crippen LogP contribution in [-0.4, -0.2) is 13.1 Å². The Morgan fingerprint density at radius 3 is 2.60 bits per heavy atom. The van der Waals surface area contributed by atoms with Crippen LogP contribution in [0, 0.1) is 0 Å². The number of pyridine rings is 1. The minimum Gasteiger partial charge on any atom is -0.262 e. The molecule has 15 heavy (non-hydrogen) atoms. The molecular formula is C13H21N2+. The predicted octanol–water partition coefficient (Wildman–Crippen LogP) is 2.28. The zero-order chi connectivity index (χ0) is 10.7. The molecule has 1 aliphatic rings. The van der Waals surface area contributed by atoms with Gasteiger partial charge < -0.3 is 0 Å². The summed E-state index contributed by atoms with van der Waals surface area (Å²) in [4.78, 5) is 2.44. The summed E-state index contributed by atoms with van der Waals surface area (Å²) in [7, 11) is 4.35. The second-order valence-corrected chi connectivity index (χ2v) is 4.57. The van der Waals surface area contributed by atoms with Crippen LogP contribution in [0.2, 0.25) is 0 Å². The van der Waals surface area contributed by atoms with Crippen LogP contribution in [0.25, 0.3) is 0 Å². The van der Waals surface area contributed by atoms with E-state index >= 15 is 0 Å². The molecule has 0 bridgehead atoms. The van der Waals surface area contributed by atoms with Crippen LogP contribution in [0.15, 0.2) is 24.4 Å². The van der Waals surface area contributed by atoms with Crippen molar-refractivity contribution in [3.63, 3.8) is 0 Å². The lowest BCUT2D eigenvalue weighted by atomic mass is 9.94. The summed E-state index contributed by atoms with van der Waals surface area (Å²) in [6, 6.07) is 7.15. The summed E-state index contributed by atoms with van der Waals surface area (Å²) in [5.41, 5.74) is 0. The first-order valence-electron chi connectivity index (χ1n) is 5.96. The van der Waals surface area contributed by atoms with E-state index in [1.54, 1.807) is 0 Å². The van der Waals surface area contributed by atoms with Crippen LogP contribution in [0.5, 0.6) is 0 Å². The van der Waals surface area contributed by atoms with Crippen molar-refractivity contribution in [1.82, 2.24) is 0 Å². The number of hydrogen-bond donors (Lipinski definition) is 0. The average Bonchev–Trinajstić information content (AvgIpc) is 2.30. The average molecular weight is 205 g/mol. The zero-order valence-electron chi connectivity index (χ0n) is 9.82. The van der Waals surface area contributed by atoms with Gasteiger partial charge in [-0.3, -0.25) is 4.90 Å². The molecule has 82 valence electrons. The first-order chi connectivity index (χ1) is 7.29. The maximum absolute atomic E-state index is 2.44. The molecule has 0 unspecified atom stereocenters. The summed E-state index contributed by atoms with van der Waals surface area (Å²) < 4.78 is 2.20. The Morgan fingerprint density at radius 1 is 1.20 bits per heavy atom. The van der Waals surface area contributed by atoms with Gasteiger partial charge in [-0.2, -0.15) is 0 Å². The molecule has 0 N–H and O–H groups in total. The Bertz CT molecular complexity index is 316. The van der Waals surface area contributed by atoms with E-state index in [0.717, 1.165) is 6.04 Å². The number of hydrogen-bond acceptors (Lipinski definition) is 1. The highest BCUT2D eigenvalue weighted by molar-refractivity contribution is 5.32. The van der Waals surface area contributed by atoms with Crippen molar-refractivity contribution < 1.29 is 4.57 Å². The minimum atomic E-state index is 0.743. The third kappa shape index (κ3) is 2.31. The number of aromatic nitrogens is 1. The van der Waals surface area contributed by atoms with E-state index in [9.17, 15) is 0 Å². The molecule has 0 saturated heterocycles. The highest BCUT2D eigenvalue weighted by Crippen LogP contribution is 2.23. The molecule has 1 heterocycles. The largest absolute Gasteiger partial charge is 0.276 e. The topological polar surface area (TPSA) is 7.12 Å². The van der Waals surface area contributed by atoms with Crippen LogP contribution in [-0.2, 0) is 7.05 Å². The van der Waals surface area contributed by atoms with Crippen LogP contribution >= 0.6 is 0 Å². The van der Waals surface area contributed by atoms with Gasteiger partial charge in [-0.1, -0.05) is 12.5 Å². The molecular weight excluding hydrogens is 184 g/mol. The van der Waals surface area contributed by atoms with Gasteiger partial charge in [-0.15, -0.1) is 0 Å². The zero-order valence-corrected chi connectivity index (χ0v) is 9.82. The van der Waals surface area contributed by atoms with Crippen LogP contribution in [0.3, 0.4) is 0 Å². The number of rotatable bonds is 2. The van der Waals surface area contributed by atoms with Gasteiger partial charge in [0.25, 0.3) is 5.82 Å². The number of aryl methyl sites for hydroxylation is 1. The fourth-order valence-electron chi connectivity index (χ4n) is 2.54. The van der Waals surface area contributed by atoms with Crippen LogP contribution in [0.1, 0.15) is 32.1 Å². The van der Waals surface area contributed by atoms with Crippen LogP contribution in [0.4, 0.5) is 5.82 Å². The van der Waals surface area contributed by atoms with Gasteiger partial charge in [0.15, 0.2) is 0 Å². The van der Waals surface area contributed by atoms with E-state index in [1.165, 1.54) is 37.9 Å². The van der Waals surface area contributed by atoms with Gasteiger partial charge in [0.2, 0.25) is 0 Å². The molecule has 0 aromatic carbocycles. The Kier molecular flexibility index (Phi) is 3.24. The van der Waals surface area contributed by atoms with E-state index in [0.29, 0.717) is 0 Å². The van der Waals surface area contributed by atoms with E-state index in [1.807, 2.05) is 0 Å². The van der Waals surface area contributed by atoms with Crippen molar-refractivity contribution in [2.24, 2.45) is 7.05 Å². The van der Waals surface area contributed by atoms with Gasteiger partial charge in [0.05, 0.1) is 26.3 Å². The molecule has 0 spiro atoms. The summed E-state index contributed by atoms with van der Waals surface area (Å²) >= 11 is 0. The fraction of sp³-hybridized carbons (Fsp3) is 0.615. The smallest absolute Gasteiger partial charge is 0.262 e. The Morgan fingerprint density at radius 2 is 1.93 bits per heavy atom. The van der Waals surface area contributed by atoms with E-state index in [2.05, 4.69) is 48.0 Å². The molecule has 0 amide bonds. The van der Waals surface area contributed by atoms with E-state index < -0.39 is 0 Å². The summed E-state index contributed by atoms with van der Waals surface area (Å²) in [5.74, 6) is 1.32. The Hall–Kier alpha value is -1.05. The maximum Gasteiger partial charge on any atom is 0.276 e. The highest BCUT2D eigenvalue weighted by atomic mass is 15.2. The predicted molar refractivity (Wildman–Crippen MR) is 62.9 cm³/mol. The molecule has 1 aliphatic carbocycles. The Balaban J connectivity index is 2.12. The summed E-state index contributed by atoms with van der Waals surface area (Å²) in [5, 5.41) is 0.